The smallest absolute Gasteiger partial charge is 0.262 e. The number of aryl methyl sites for hydroxylation is 1. The lowest BCUT2D eigenvalue weighted by atomic mass is 10.1. The summed E-state index contributed by atoms with van der Waals surface area (Å²) in [5.41, 5.74) is 0.696. The molecule has 0 saturated carbocycles. The summed E-state index contributed by atoms with van der Waals surface area (Å²) in [7, 11) is 0. The molecule has 132 valence electrons. The molecule has 0 spiro atoms. The average Bonchev–Trinajstić information content (AvgIpc) is 3.06. The number of rotatable bonds is 7. The summed E-state index contributed by atoms with van der Waals surface area (Å²) in [6, 6.07) is 7.41. The van der Waals surface area contributed by atoms with E-state index in [-0.39, 0.29) is 5.56 Å². The molecule has 0 N–H and O–H groups in total. The molecule has 0 fully saturated rings. The average molecular weight is 358 g/mol. The zero-order valence-electron chi connectivity index (χ0n) is 14.7. The molecule has 3 rings (SSSR count). The Morgan fingerprint density at radius 3 is 2.80 bits per heavy atom. The summed E-state index contributed by atoms with van der Waals surface area (Å²) in [5, 5.41) is 5.34. The van der Waals surface area contributed by atoms with Crippen LogP contribution in [0.25, 0.3) is 10.9 Å². The van der Waals surface area contributed by atoms with Gasteiger partial charge in [0.2, 0.25) is 5.89 Å². The van der Waals surface area contributed by atoms with Crippen molar-refractivity contribution in [2.24, 2.45) is 5.92 Å². The fourth-order valence-electron chi connectivity index (χ4n) is 2.53. The minimum Gasteiger partial charge on any atom is -0.338 e. The second-order valence-electron chi connectivity index (χ2n) is 6.29. The molecular formula is C18H22N4O2S. The first-order valence-electron chi connectivity index (χ1n) is 8.52. The molecule has 0 amide bonds. The van der Waals surface area contributed by atoms with Crippen LogP contribution >= 0.6 is 11.8 Å². The Balaban J connectivity index is 1.78. The molecule has 0 bridgehead atoms. The van der Waals surface area contributed by atoms with E-state index in [1.54, 1.807) is 4.57 Å². The number of aromatic nitrogens is 4. The van der Waals surface area contributed by atoms with Crippen molar-refractivity contribution >= 4 is 22.7 Å². The first-order valence-corrected chi connectivity index (χ1v) is 9.51. The van der Waals surface area contributed by atoms with Crippen molar-refractivity contribution < 1.29 is 4.52 Å². The van der Waals surface area contributed by atoms with E-state index >= 15 is 0 Å². The van der Waals surface area contributed by atoms with E-state index in [1.165, 1.54) is 11.8 Å². The number of para-hydroxylation sites is 1. The number of nitrogens with zero attached hydrogens (tertiary/aromatic N) is 4. The number of fused-ring (bicyclic) bond motifs is 1. The van der Waals surface area contributed by atoms with Gasteiger partial charge in [-0.15, -0.1) is 0 Å². The van der Waals surface area contributed by atoms with Crippen LogP contribution in [0.4, 0.5) is 0 Å². The van der Waals surface area contributed by atoms with Crippen molar-refractivity contribution in [2.75, 3.05) is 0 Å². The topological polar surface area (TPSA) is 73.8 Å². The van der Waals surface area contributed by atoms with Crippen LogP contribution < -0.4 is 5.56 Å². The van der Waals surface area contributed by atoms with Crippen LogP contribution in [0, 0.1) is 5.92 Å². The van der Waals surface area contributed by atoms with Crippen LogP contribution in [0.5, 0.6) is 0 Å². The van der Waals surface area contributed by atoms with Crippen LogP contribution in [-0.2, 0) is 18.7 Å². The van der Waals surface area contributed by atoms with Gasteiger partial charge in [-0.05, 0) is 31.4 Å². The van der Waals surface area contributed by atoms with E-state index < -0.39 is 0 Å². The molecule has 2 aromatic heterocycles. The molecule has 25 heavy (non-hydrogen) atoms. The highest BCUT2D eigenvalue weighted by Gasteiger charge is 2.13. The second-order valence-corrected chi connectivity index (χ2v) is 7.23. The van der Waals surface area contributed by atoms with Crippen LogP contribution in [0.2, 0.25) is 0 Å². The molecule has 0 unspecified atom stereocenters. The number of benzene rings is 1. The first kappa shape index (κ1) is 17.7. The van der Waals surface area contributed by atoms with Crippen molar-refractivity contribution in [1.29, 1.82) is 0 Å². The van der Waals surface area contributed by atoms with E-state index in [9.17, 15) is 4.79 Å². The van der Waals surface area contributed by atoms with Crippen LogP contribution in [0.3, 0.4) is 0 Å². The van der Waals surface area contributed by atoms with Gasteiger partial charge in [0.1, 0.15) is 0 Å². The summed E-state index contributed by atoms with van der Waals surface area (Å²) < 4.78 is 7.00. The van der Waals surface area contributed by atoms with Gasteiger partial charge in [0.25, 0.3) is 5.56 Å². The quantitative estimate of drug-likeness (QED) is 0.474. The Kier molecular flexibility index (Phi) is 5.53. The van der Waals surface area contributed by atoms with Gasteiger partial charge in [-0.2, -0.15) is 4.98 Å². The van der Waals surface area contributed by atoms with Crippen LogP contribution in [0.1, 0.15) is 38.9 Å². The van der Waals surface area contributed by atoms with Crippen molar-refractivity contribution in [3.63, 3.8) is 0 Å². The summed E-state index contributed by atoms with van der Waals surface area (Å²) in [6.45, 7) is 6.86. The van der Waals surface area contributed by atoms with Crippen molar-refractivity contribution in [3.8, 4) is 0 Å². The Morgan fingerprint density at radius 2 is 2.04 bits per heavy atom. The Morgan fingerprint density at radius 1 is 1.24 bits per heavy atom. The minimum absolute atomic E-state index is 0.0150. The molecule has 0 saturated heterocycles. The Hall–Kier alpha value is -2.15. The lowest BCUT2D eigenvalue weighted by molar-refractivity contribution is 0.383. The number of thioether (sulfide) groups is 1. The lowest BCUT2D eigenvalue weighted by Crippen LogP contribution is -2.22. The van der Waals surface area contributed by atoms with Gasteiger partial charge < -0.3 is 4.52 Å². The molecule has 0 atom stereocenters. The zero-order valence-corrected chi connectivity index (χ0v) is 15.5. The second kappa shape index (κ2) is 7.82. The first-order chi connectivity index (χ1) is 12.1. The van der Waals surface area contributed by atoms with E-state index in [0.29, 0.717) is 40.2 Å². The number of hydrogen-bond acceptors (Lipinski definition) is 6. The van der Waals surface area contributed by atoms with Gasteiger partial charge in [0.05, 0.1) is 16.7 Å². The highest BCUT2D eigenvalue weighted by atomic mass is 32.2. The van der Waals surface area contributed by atoms with Gasteiger partial charge >= 0.3 is 0 Å². The normalized spacial score (nSPS) is 11.5. The summed E-state index contributed by atoms with van der Waals surface area (Å²) in [4.78, 5) is 21.7. The largest absolute Gasteiger partial charge is 0.338 e. The SMILES string of the molecule is CCn1c(SCc2nc(CCC(C)C)no2)nc2ccccc2c1=O. The Labute approximate surface area is 150 Å². The predicted molar refractivity (Wildman–Crippen MR) is 98.7 cm³/mol. The third-order valence-corrected chi connectivity index (χ3v) is 4.88. The zero-order chi connectivity index (χ0) is 17.8. The van der Waals surface area contributed by atoms with Gasteiger partial charge in [0.15, 0.2) is 11.0 Å². The van der Waals surface area contributed by atoms with Gasteiger partial charge in [-0.1, -0.05) is 42.9 Å². The maximum absolute atomic E-state index is 12.6. The minimum atomic E-state index is -0.0150. The van der Waals surface area contributed by atoms with E-state index in [0.717, 1.165) is 18.7 Å². The summed E-state index contributed by atoms with van der Waals surface area (Å²) in [5.74, 6) is 2.41. The van der Waals surface area contributed by atoms with Crippen molar-refractivity contribution in [1.82, 2.24) is 19.7 Å². The fourth-order valence-corrected chi connectivity index (χ4v) is 3.43. The highest BCUT2D eigenvalue weighted by Crippen LogP contribution is 2.21. The molecule has 3 aromatic rings. The van der Waals surface area contributed by atoms with Crippen molar-refractivity contribution in [3.05, 3.63) is 46.3 Å². The fraction of sp³-hybridized carbons (Fsp3) is 0.444. The molecule has 0 radical (unpaired) electrons. The predicted octanol–water partition coefficient (Wildman–Crippen LogP) is 3.68. The molecule has 7 heteroatoms. The molecule has 1 aromatic carbocycles. The monoisotopic (exact) mass is 358 g/mol. The third kappa shape index (κ3) is 4.10. The molecule has 2 heterocycles. The molecule has 6 nitrogen and oxygen atoms in total. The van der Waals surface area contributed by atoms with Crippen molar-refractivity contribution in [2.45, 2.75) is 51.1 Å². The third-order valence-electron chi connectivity index (χ3n) is 3.92. The molecule has 0 aliphatic heterocycles. The molecular weight excluding hydrogens is 336 g/mol. The van der Waals surface area contributed by atoms with Gasteiger partial charge in [-0.25, -0.2) is 4.98 Å². The lowest BCUT2D eigenvalue weighted by Gasteiger charge is -2.10. The van der Waals surface area contributed by atoms with E-state index in [1.807, 2.05) is 31.2 Å². The summed E-state index contributed by atoms with van der Waals surface area (Å²) in [6.07, 6.45) is 1.85. The maximum Gasteiger partial charge on any atom is 0.262 e. The van der Waals surface area contributed by atoms with Gasteiger partial charge in [0, 0.05) is 13.0 Å². The van der Waals surface area contributed by atoms with Crippen LogP contribution in [-0.4, -0.2) is 19.7 Å². The maximum atomic E-state index is 12.6. The van der Waals surface area contributed by atoms with E-state index in [2.05, 4.69) is 29.0 Å². The molecule has 0 aliphatic carbocycles. The Bertz CT molecular complexity index is 917. The standard InChI is InChI=1S/C18H22N4O2S/c1-4-22-17(23)13-7-5-6-8-14(13)19-18(22)25-11-16-20-15(21-24-16)10-9-12(2)3/h5-8,12H,4,9-11H2,1-3H3. The van der Waals surface area contributed by atoms with Gasteiger partial charge in [-0.3, -0.25) is 9.36 Å². The highest BCUT2D eigenvalue weighted by molar-refractivity contribution is 7.98. The van der Waals surface area contributed by atoms with Crippen LogP contribution in [0.15, 0.2) is 38.7 Å². The number of hydrogen-bond donors (Lipinski definition) is 0. The van der Waals surface area contributed by atoms with E-state index in [4.69, 9.17) is 4.52 Å². The summed E-state index contributed by atoms with van der Waals surface area (Å²) >= 11 is 1.45. The molecule has 0 aliphatic rings.